The number of hydrogen-bond acceptors (Lipinski definition) is 2. The lowest BCUT2D eigenvalue weighted by Gasteiger charge is -2.36. The maximum absolute atomic E-state index is 6.43. The standard InChI is InChI=1S/C11H17NS/c1-9-4-2-6-11(12,8-9)10-5-3-7-13-10/h3,5,7,9H,2,4,6,8,12H2,1H3. The van der Waals surface area contributed by atoms with Gasteiger partial charge in [0.05, 0.1) is 5.54 Å². The van der Waals surface area contributed by atoms with Crippen LogP contribution in [0.1, 0.15) is 37.5 Å². The Morgan fingerprint density at radius 1 is 1.62 bits per heavy atom. The Hall–Kier alpha value is -0.340. The Balaban J connectivity index is 2.20. The highest BCUT2D eigenvalue weighted by Crippen LogP contribution is 2.39. The van der Waals surface area contributed by atoms with E-state index in [1.807, 2.05) is 0 Å². The van der Waals surface area contributed by atoms with Crippen LogP contribution in [0.2, 0.25) is 0 Å². The molecule has 0 aliphatic heterocycles. The van der Waals surface area contributed by atoms with E-state index < -0.39 is 0 Å². The first-order chi connectivity index (χ1) is 6.21. The molecule has 72 valence electrons. The van der Waals surface area contributed by atoms with Crippen LogP contribution in [-0.4, -0.2) is 0 Å². The zero-order valence-electron chi connectivity index (χ0n) is 8.12. The van der Waals surface area contributed by atoms with Crippen molar-refractivity contribution in [1.82, 2.24) is 0 Å². The van der Waals surface area contributed by atoms with E-state index in [0.29, 0.717) is 0 Å². The van der Waals surface area contributed by atoms with Gasteiger partial charge >= 0.3 is 0 Å². The Labute approximate surface area is 84.0 Å². The minimum Gasteiger partial charge on any atom is -0.321 e. The fourth-order valence-electron chi connectivity index (χ4n) is 2.38. The van der Waals surface area contributed by atoms with E-state index in [1.54, 1.807) is 11.3 Å². The second-order valence-electron chi connectivity index (χ2n) is 4.33. The molecule has 2 rings (SSSR count). The van der Waals surface area contributed by atoms with E-state index in [1.165, 1.54) is 17.7 Å². The Morgan fingerprint density at radius 3 is 3.08 bits per heavy atom. The van der Waals surface area contributed by atoms with Crippen molar-refractivity contribution in [2.24, 2.45) is 11.7 Å². The van der Waals surface area contributed by atoms with Gasteiger partial charge < -0.3 is 5.73 Å². The first-order valence-electron chi connectivity index (χ1n) is 5.03. The SMILES string of the molecule is CC1CCCC(N)(c2cccs2)C1. The van der Waals surface area contributed by atoms with Crippen LogP contribution in [0.3, 0.4) is 0 Å². The van der Waals surface area contributed by atoms with Gasteiger partial charge in [0.15, 0.2) is 0 Å². The number of rotatable bonds is 1. The normalized spacial score (nSPS) is 34.8. The van der Waals surface area contributed by atoms with E-state index in [9.17, 15) is 0 Å². The quantitative estimate of drug-likeness (QED) is 0.732. The molecular weight excluding hydrogens is 178 g/mol. The van der Waals surface area contributed by atoms with Gasteiger partial charge in [-0.25, -0.2) is 0 Å². The summed E-state index contributed by atoms with van der Waals surface area (Å²) in [4.78, 5) is 1.37. The maximum atomic E-state index is 6.43. The minimum absolute atomic E-state index is 0.00810. The van der Waals surface area contributed by atoms with Gasteiger partial charge in [0.1, 0.15) is 0 Å². The zero-order chi connectivity index (χ0) is 9.31. The molecule has 1 heterocycles. The molecule has 2 unspecified atom stereocenters. The average molecular weight is 195 g/mol. The van der Waals surface area contributed by atoms with E-state index in [2.05, 4.69) is 24.4 Å². The first-order valence-corrected chi connectivity index (χ1v) is 5.91. The third-order valence-corrected chi connectivity index (χ3v) is 4.13. The molecule has 1 nitrogen and oxygen atoms in total. The highest BCUT2D eigenvalue weighted by molar-refractivity contribution is 7.10. The first kappa shape index (κ1) is 9.22. The van der Waals surface area contributed by atoms with Crippen LogP contribution in [0, 0.1) is 5.92 Å². The molecule has 2 atom stereocenters. The number of nitrogens with two attached hydrogens (primary N) is 1. The van der Waals surface area contributed by atoms with Gasteiger partial charge in [-0.3, -0.25) is 0 Å². The van der Waals surface area contributed by atoms with Crippen LogP contribution >= 0.6 is 11.3 Å². The van der Waals surface area contributed by atoms with Gasteiger partial charge in [-0.15, -0.1) is 11.3 Å². The monoisotopic (exact) mass is 195 g/mol. The van der Waals surface area contributed by atoms with Crippen molar-refractivity contribution >= 4 is 11.3 Å². The lowest BCUT2D eigenvalue weighted by molar-refractivity contribution is 0.243. The van der Waals surface area contributed by atoms with Crippen LogP contribution in [0.4, 0.5) is 0 Å². The molecular formula is C11H17NS. The van der Waals surface area contributed by atoms with Gasteiger partial charge in [0.25, 0.3) is 0 Å². The molecule has 1 aliphatic carbocycles. The summed E-state index contributed by atoms with van der Waals surface area (Å²) in [6.45, 7) is 2.31. The number of hydrogen-bond donors (Lipinski definition) is 1. The molecule has 13 heavy (non-hydrogen) atoms. The summed E-state index contributed by atoms with van der Waals surface area (Å²) in [6, 6.07) is 4.29. The van der Waals surface area contributed by atoms with E-state index in [4.69, 9.17) is 5.73 Å². The van der Waals surface area contributed by atoms with Crippen molar-refractivity contribution in [3.8, 4) is 0 Å². The summed E-state index contributed by atoms with van der Waals surface area (Å²) in [5.41, 5.74) is 6.42. The van der Waals surface area contributed by atoms with E-state index >= 15 is 0 Å². The summed E-state index contributed by atoms with van der Waals surface area (Å²) < 4.78 is 0. The molecule has 1 fully saturated rings. The van der Waals surface area contributed by atoms with Crippen molar-refractivity contribution in [2.75, 3.05) is 0 Å². The van der Waals surface area contributed by atoms with Gasteiger partial charge in [-0.1, -0.05) is 25.8 Å². The summed E-state index contributed by atoms with van der Waals surface area (Å²) in [6.07, 6.45) is 4.96. The second-order valence-corrected chi connectivity index (χ2v) is 5.28. The van der Waals surface area contributed by atoms with Crippen molar-refractivity contribution in [2.45, 2.75) is 38.1 Å². The molecule has 1 aromatic heterocycles. The Morgan fingerprint density at radius 2 is 2.46 bits per heavy atom. The summed E-state index contributed by atoms with van der Waals surface area (Å²) >= 11 is 1.81. The molecule has 0 spiro atoms. The summed E-state index contributed by atoms with van der Waals surface area (Å²) in [7, 11) is 0. The van der Waals surface area contributed by atoms with E-state index in [0.717, 1.165) is 18.8 Å². The zero-order valence-corrected chi connectivity index (χ0v) is 8.94. The molecule has 1 aromatic rings. The highest BCUT2D eigenvalue weighted by Gasteiger charge is 2.33. The molecule has 0 radical (unpaired) electrons. The maximum Gasteiger partial charge on any atom is 0.0506 e. The Kier molecular flexibility index (Phi) is 2.43. The largest absolute Gasteiger partial charge is 0.321 e. The fourth-order valence-corrected chi connectivity index (χ4v) is 3.26. The minimum atomic E-state index is -0.00810. The summed E-state index contributed by atoms with van der Waals surface area (Å²) in [5.74, 6) is 0.792. The van der Waals surface area contributed by atoms with Crippen molar-refractivity contribution in [3.05, 3.63) is 22.4 Å². The van der Waals surface area contributed by atoms with Gasteiger partial charge in [-0.05, 0) is 30.2 Å². The Bertz CT molecular complexity index is 268. The second kappa shape index (κ2) is 3.43. The third-order valence-electron chi connectivity index (χ3n) is 3.04. The van der Waals surface area contributed by atoms with Crippen molar-refractivity contribution in [3.63, 3.8) is 0 Å². The van der Waals surface area contributed by atoms with Crippen molar-refractivity contribution < 1.29 is 0 Å². The van der Waals surface area contributed by atoms with Gasteiger partial charge in [-0.2, -0.15) is 0 Å². The van der Waals surface area contributed by atoms with Gasteiger partial charge in [0.2, 0.25) is 0 Å². The fraction of sp³-hybridized carbons (Fsp3) is 0.636. The molecule has 0 saturated heterocycles. The van der Waals surface area contributed by atoms with Crippen LogP contribution in [0.5, 0.6) is 0 Å². The molecule has 2 N–H and O–H groups in total. The number of thiophene rings is 1. The average Bonchev–Trinajstić information content (AvgIpc) is 2.55. The smallest absolute Gasteiger partial charge is 0.0506 e. The topological polar surface area (TPSA) is 26.0 Å². The predicted molar refractivity (Wildman–Crippen MR) is 57.8 cm³/mol. The van der Waals surface area contributed by atoms with Crippen LogP contribution < -0.4 is 5.73 Å². The van der Waals surface area contributed by atoms with Crippen LogP contribution in [0.25, 0.3) is 0 Å². The molecule has 0 bridgehead atoms. The molecule has 2 heteroatoms. The molecule has 1 aliphatic rings. The lowest BCUT2D eigenvalue weighted by atomic mass is 9.76. The molecule has 0 amide bonds. The lowest BCUT2D eigenvalue weighted by Crippen LogP contribution is -2.40. The van der Waals surface area contributed by atoms with Gasteiger partial charge in [0, 0.05) is 4.88 Å². The summed E-state index contributed by atoms with van der Waals surface area (Å²) in [5, 5.41) is 2.13. The highest BCUT2D eigenvalue weighted by atomic mass is 32.1. The van der Waals surface area contributed by atoms with Crippen LogP contribution in [0.15, 0.2) is 17.5 Å². The van der Waals surface area contributed by atoms with Crippen molar-refractivity contribution in [1.29, 1.82) is 0 Å². The molecule has 0 aromatic carbocycles. The van der Waals surface area contributed by atoms with E-state index in [-0.39, 0.29) is 5.54 Å². The third kappa shape index (κ3) is 1.79. The predicted octanol–water partition coefficient (Wildman–Crippen LogP) is 3.11. The molecule has 1 saturated carbocycles. The van der Waals surface area contributed by atoms with Crippen LogP contribution in [-0.2, 0) is 5.54 Å².